The number of nitriles is 1. The van der Waals surface area contributed by atoms with Crippen LogP contribution in [-0.2, 0) is 4.79 Å². The molecule has 1 amide bonds. The van der Waals surface area contributed by atoms with Gasteiger partial charge in [-0.3, -0.25) is 4.79 Å². The number of hydrogen-bond acceptors (Lipinski definition) is 3. The minimum Gasteiger partial charge on any atom is -0.484 e. The molecule has 2 aromatic carbocycles. The first kappa shape index (κ1) is 13.6. The second-order valence-corrected chi connectivity index (χ2v) is 4.18. The van der Waals surface area contributed by atoms with E-state index in [4.69, 9.17) is 10.00 Å². The third kappa shape index (κ3) is 3.36. The van der Waals surface area contributed by atoms with Crippen LogP contribution in [0.1, 0.15) is 5.56 Å². The molecule has 0 fully saturated rings. The van der Waals surface area contributed by atoms with E-state index >= 15 is 0 Å². The first-order valence-electron chi connectivity index (χ1n) is 6.17. The summed E-state index contributed by atoms with van der Waals surface area (Å²) in [5.74, 6) is 0.479. The van der Waals surface area contributed by atoms with Crippen LogP contribution in [0.5, 0.6) is 5.75 Å². The Hall–Kier alpha value is -2.80. The maximum absolute atomic E-state index is 11.1. The van der Waals surface area contributed by atoms with Gasteiger partial charge in [-0.05, 0) is 35.4 Å². The van der Waals surface area contributed by atoms with Crippen LogP contribution in [0, 0.1) is 11.3 Å². The Kier molecular flexibility index (Phi) is 4.35. The molecule has 0 aliphatic heterocycles. The number of hydrogen-bond donors (Lipinski definition) is 1. The topological polar surface area (TPSA) is 62.1 Å². The number of amides is 1. The van der Waals surface area contributed by atoms with Gasteiger partial charge in [0.05, 0.1) is 11.6 Å². The number of carbonyl (C=O) groups excluding carboxylic acids is 1. The molecule has 0 atom stereocenters. The molecule has 2 aromatic rings. The monoisotopic (exact) mass is 266 g/mol. The van der Waals surface area contributed by atoms with Crippen molar-refractivity contribution in [2.24, 2.45) is 0 Å². The van der Waals surface area contributed by atoms with Gasteiger partial charge in [0.2, 0.25) is 0 Å². The predicted octanol–water partition coefficient (Wildman–Crippen LogP) is 2.35. The Labute approximate surface area is 117 Å². The lowest BCUT2D eigenvalue weighted by molar-refractivity contribution is -0.122. The largest absolute Gasteiger partial charge is 0.484 e. The van der Waals surface area contributed by atoms with Crippen LogP contribution in [0.3, 0.4) is 0 Å². The first-order valence-corrected chi connectivity index (χ1v) is 6.17. The van der Waals surface area contributed by atoms with E-state index in [1.807, 2.05) is 36.4 Å². The van der Waals surface area contributed by atoms with E-state index in [1.165, 1.54) is 0 Å². The highest BCUT2D eigenvalue weighted by atomic mass is 16.5. The van der Waals surface area contributed by atoms with Crippen molar-refractivity contribution in [3.05, 3.63) is 54.1 Å². The summed E-state index contributed by atoms with van der Waals surface area (Å²) >= 11 is 0. The van der Waals surface area contributed by atoms with Crippen LogP contribution >= 0.6 is 0 Å². The molecule has 2 rings (SSSR count). The second kappa shape index (κ2) is 6.39. The quantitative estimate of drug-likeness (QED) is 0.924. The van der Waals surface area contributed by atoms with E-state index in [1.54, 1.807) is 19.2 Å². The maximum atomic E-state index is 11.1. The third-order valence-corrected chi connectivity index (χ3v) is 2.85. The molecule has 0 aliphatic rings. The van der Waals surface area contributed by atoms with Crippen molar-refractivity contribution in [3.8, 4) is 22.9 Å². The molecule has 0 radical (unpaired) electrons. The molecule has 4 heteroatoms. The summed E-state index contributed by atoms with van der Waals surface area (Å²) in [6, 6.07) is 16.9. The summed E-state index contributed by atoms with van der Waals surface area (Å²) in [6.07, 6.45) is 0. The summed E-state index contributed by atoms with van der Waals surface area (Å²) in [7, 11) is 1.57. The fourth-order valence-electron chi connectivity index (χ4n) is 1.70. The van der Waals surface area contributed by atoms with Crippen molar-refractivity contribution in [3.63, 3.8) is 0 Å². The molecule has 0 spiro atoms. The molecular weight excluding hydrogens is 252 g/mol. The lowest BCUT2D eigenvalue weighted by atomic mass is 10.0. The Bertz CT molecular complexity index is 625. The van der Waals surface area contributed by atoms with Crippen molar-refractivity contribution in [1.29, 1.82) is 5.26 Å². The van der Waals surface area contributed by atoms with Gasteiger partial charge < -0.3 is 10.1 Å². The zero-order valence-electron chi connectivity index (χ0n) is 11.1. The molecule has 0 saturated carbocycles. The molecule has 0 heterocycles. The fraction of sp³-hybridized carbons (Fsp3) is 0.125. The zero-order chi connectivity index (χ0) is 14.4. The van der Waals surface area contributed by atoms with E-state index < -0.39 is 0 Å². The molecule has 4 nitrogen and oxygen atoms in total. The summed E-state index contributed by atoms with van der Waals surface area (Å²) in [6.45, 7) is 0.00666. The van der Waals surface area contributed by atoms with Crippen molar-refractivity contribution in [2.75, 3.05) is 13.7 Å². The first-order chi connectivity index (χ1) is 9.72. The average molecular weight is 266 g/mol. The molecule has 0 saturated heterocycles. The SMILES string of the molecule is CNC(=O)COc1ccc(-c2ccc(C#N)cc2)cc1. The molecular formula is C16H14N2O2. The number of carbonyl (C=O) groups is 1. The smallest absolute Gasteiger partial charge is 0.257 e. The number of rotatable bonds is 4. The van der Waals surface area contributed by atoms with Gasteiger partial charge in [-0.25, -0.2) is 0 Å². The Morgan fingerprint density at radius 3 is 2.15 bits per heavy atom. The zero-order valence-corrected chi connectivity index (χ0v) is 11.1. The van der Waals surface area contributed by atoms with Crippen LogP contribution in [0.25, 0.3) is 11.1 Å². The number of nitrogens with zero attached hydrogens (tertiary/aromatic N) is 1. The second-order valence-electron chi connectivity index (χ2n) is 4.18. The number of ether oxygens (including phenoxy) is 1. The molecule has 0 aromatic heterocycles. The van der Waals surface area contributed by atoms with Crippen molar-refractivity contribution in [2.45, 2.75) is 0 Å². The van der Waals surface area contributed by atoms with Crippen LogP contribution in [0.15, 0.2) is 48.5 Å². The van der Waals surface area contributed by atoms with E-state index in [2.05, 4.69) is 11.4 Å². The highest BCUT2D eigenvalue weighted by Crippen LogP contribution is 2.22. The molecule has 0 unspecified atom stereocenters. The number of nitrogens with one attached hydrogen (secondary N) is 1. The highest BCUT2D eigenvalue weighted by molar-refractivity contribution is 5.77. The summed E-state index contributed by atoms with van der Waals surface area (Å²) in [4.78, 5) is 11.1. The minimum atomic E-state index is -0.166. The number of likely N-dealkylation sites (N-methyl/N-ethyl adjacent to an activating group) is 1. The van der Waals surface area contributed by atoms with Gasteiger partial charge in [0.25, 0.3) is 5.91 Å². The normalized spacial score (nSPS) is 9.60. The standard InChI is InChI=1S/C16H14N2O2/c1-18-16(19)11-20-15-8-6-14(7-9-15)13-4-2-12(10-17)3-5-13/h2-9H,11H2,1H3,(H,18,19). The van der Waals surface area contributed by atoms with E-state index in [9.17, 15) is 4.79 Å². The van der Waals surface area contributed by atoms with E-state index in [0.29, 0.717) is 11.3 Å². The summed E-state index contributed by atoms with van der Waals surface area (Å²) in [5.41, 5.74) is 2.70. The van der Waals surface area contributed by atoms with Gasteiger partial charge >= 0.3 is 0 Å². The lowest BCUT2D eigenvalue weighted by Gasteiger charge is -2.06. The lowest BCUT2D eigenvalue weighted by Crippen LogP contribution is -2.24. The van der Waals surface area contributed by atoms with Gasteiger partial charge in [0.1, 0.15) is 5.75 Å². The van der Waals surface area contributed by atoms with Crippen LogP contribution in [0.2, 0.25) is 0 Å². The molecule has 0 aliphatic carbocycles. The molecule has 0 bridgehead atoms. The van der Waals surface area contributed by atoms with Crippen molar-refractivity contribution in [1.82, 2.24) is 5.32 Å². The maximum Gasteiger partial charge on any atom is 0.257 e. The Morgan fingerprint density at radius 2 is 1.65 bits per heavy atom. The van der Waals surface area contributed by atoms with Gasteiger partial charge in [-0.1, -0.05) is 24.3 Å². The highest BCUT2D eigenvalue weighted by Gasteiger charge is 2.01. The third-order valence-electron chi connectivity index (χ3n) is 2.85. The molecule has 20 heavy (non-hydrogen) atoms. The van der Waals surface area contributed by atoms with Crippen molar-refractivity contribution >= 4 is 5.91 Å². The van der Waals surface area contributed by atoms with Gasteiger partial charge in [0.15, 0.2) is 6.61 Å². The van der Waals surface area contributed by atoms with E-state index in [-0.39, 0.29) is 12.5 Å². The van der Waals surface area contributed by atoms with Crippen LogP contribution in [-0.4, -0.2) is 19.6 Å². The average Bonchev–Trinajstić information content (AvgIpc) is 2.53. The predicted molar refractivity (Wildman–Crippen MR) is 76.2 cm³/mol. The van der Waals surface area contributed by atoms with Gasteiger partial charge in [0, 0.05) is 7.05 Å². The van der Waals surface area contributed by atoms with Crippen LogP contribution in [0.4, 0.5) is 0 Å². The summed E-state index contributed by atoms with van der Waals surface area (Å²) < 4.78 is 5.33. The number of benzene rings is 2. The Balaban J connectivity index is 2.07. The minimum absolute atomic E-state index is 0.00666. The summed E-state index contributed by atoms with van der Waals surface area (Å²) in [5, 5.41) is 11.3. The fourth-order valence-corrected chi connectivity index (χ4v) is 1.70. The van der Waals surface area contributed by atoms with Crippen molar-refractivity contribution < 1.29 is 9.53 Å². The Morgan fingerprint density at radius 1 is 1.10 bits per heavy atom. The molecule has 100 valence electrons. The van der Waals surface area contributed by atoms with Gasteiger partial charge in [-0.2, -0.15) is 5.26 Å². The van der Waals surface area contributed by atoms with Crippen LogP contribution < -0.4 is 10.1 Å². The van der Waals surface area contributed by atoms with E-state index in [0.717, 1.165) is 11.1 Å². The molecule has 1 N–H and O–H groups in total. The van der Waals surface area contributed by atoms with Gasteiger partial charge in [-0.15, -0.1) is 0 Å².